The maximum Gasteiger partial charge on any atom is 0.307 e. The van der Waals surface area contributed by atoms with Crippen LogP contribution in [0.25, 0.3) is 0 Å². The van der Waals surface area contributed by atoms with Crippen molar-refractivity contribution in [3.63, 3.8) is 0 Å². The van der Waals surface area contributed by atoms with Gasteiger partial charge in [-0.1, -0.05) is 26.0 Å². The molecule has 1 saturated carbocycles. The molecule has 2 atom stereocenters. The van der Waals surface area contributed by atoms with E-state index >= 15 is 0 Å². The maximum absolute atomic E-state index is 12.1. The lowest BCUT2D eigenvalue weighted by Gasteiger charge is -2.07. The lowest BCUT2D eigenvalue weighted by molar-refractivity contribution is -0.140. The van der Waals surface area contributed by atoms with Gasteiger partial charge in [-0.05, 0) is 17.5 Å². The number of carbonyl (C=O) groups excluding carboxylic acids is 1. The van der Waals surface area contributed by atoms with Gasteiger partial charge in [-0.3, -0.25) is 9.59 Å². The highest BCUT2D eigenvalue weighted by Crippen LogP contribution is 2.58. The first-order valence-corrected chi connectivity index (χ1v) is 5.92. The van der Waals surface area contributed by atoms with Crippen molar-refractivity contribution >= 4 is 17.6 Å². The Hall–Kier alpha value is -2.35. The van der Waals surface area contributed by atoms with Crippen LogP contribution in [0.4, 0.5) is 5.69 Å². The summed E-state index contributed by atoms with van der Waals surface area (Å²) < 4.78 is 0. The van der Waals surface area contributed by atoms with Gasteiger partial charge in [0.25, 0.3) is 0 Å². The van der Waals surface area contributed by atoms with Crippen molar-refractivity contribution in [2.24, 2.45) is 17.3 Å². The predicted molar refractivity (Wildman–Crippen MR) is 68.2 cm³/mol. The van der Waals surface area contributed by atoms with Gasteiger partial charge in [0.05, 0.1) is 23.1 Å². The third-order valence-corrected chi connectivity index (χ3v) is 3.68. The van der Waals surface area contributed by atoms with Gasteiger partial charge in [-0.25, -0.2) is 0 Å². The number of hydrogen-bond donors (Lipinski definition) is 2. The Labute approximate surface area is 110 Å². The van der Waals surface area contributed by atoms with Crippen molar-refractivity contribution in [2.75, 3.05) is 5.32 Å². The fourth-order valence-corrected chi connectivity index (χ4v) is 2.49. The second-order valence-electron chi connectivity index (χ2n) is 5.26. The van der Waals surface area contributed by atoms with Crippen LogP contribution in [0.5, 0.6) is 0 Å². The number of amides is 1. The minimum absolute atomic E-state index is 0.347. The van der Waals surface area contributed by atoms with Crippen molar-refractivity contribution in [3.8, 4) is 6.07 Å². The summed E-state index contributed by atoms with van der Waals surface area (Å²) in [6.45, 7) is 3.51. The molecule has 98 valence electrons. The lowest BCUT2D eigenvalue weighted by Crippen LogP contribution is -2.18. The Morgan fingerprint density at radius 1 is 1.32 bits per heavy atom. The molecule has 1 amide bonds. The normalized spacial score (nSPS) is 23.2. The molecular formula is C14H14N2O3. The Morgan fingerprint density at radius 3 is 2.47 bits per heavy atom. The van der Waals surface area contributed by atoms with Crippen molar-refractivity contribution in [1.29, 1.82) is 5.26 Å². The number of benzene rings is 1. The van der Waals surface area contributed by atoms with Crippen LogP contribution in [0.1, 0.15) is 19.4 Å². The average molecular weight is 258 g/mol. The molecule has 1 aliphatic rings. The fraction of sp³-hybridized carbons (Fsp3) is 0.357. The second kappa shape index (κ2) is 4.39. The smallest absolute Gasteiger partial charge is 0.307 e. The molecule has 0 radical (unpaired) electrons. The van der Waals surface area contributed by atoms with Gasteiger partial charge in [0.15, 0.2) is 0 Å². The van der Waals surface area contributed by atoms with Crippen molar-refractivity contribution in [1.82, 2.24) is 0 Å². The summed E-state index contributed by atoms with van der Waals surface area (Å²) in [6, 6.07) is 8.63. The summed E-state index contributed by atoms with van der Waals surface area (Å²) in [5.74, 6) is -2.53. The van der Waals surface area contributed by atoms with E-state index in [1.807, 2.05) is 6.07 Å². The van der Waals surface area contributed by atoms with E-state index in [9.17, 15) is 9.59 Å². The third kappa shape index (κ3) is 2.17. The van der Waals surface area contributed by atoms with E-state index in [2.05, 4.69) is 5.32 Å². The molecule has 5 heteroatoms. The molecule has 0 heterocycles. The van der Waals surface area contributed by atoms with E-state index in [0.717, 1.165) is 0 Å². The van der Waals surface area contributed by atoms with E-state index in [-0.39, 0.29) is 5.91 Å². The second-order valence-corrected chi connectivity index (χ2v) is 5.26. The molecule has 0 saturated heterocycles. The zero-order valence-corrected chi connectivity index (χ0v) is 10.7. The number of nitrogens with zero attached hydrogens (tertiary/aromatic N) is 1. The van der Waals surface area contributed by atoms with E-state index in [1.54, 1.807) is 38.1 Å². The van der Waals surface area contributed by atoms with Gasteiger partial charge in [-0.2, -0.15) is 5.26 Å². The largest absolute Gasteiger partial charge is 0.481 e. The standard InChI is InChI=1S/C14H14N2O3/c1-14(2)10(11(14)13(18)19)12(17)16-9-6-4-3-5-8(9)7-15/h3-6,10-11H,1-2H3,(H,16,17)(H,18,19)/t10-,11-/m1/s1. The van der Waals surface area contributed by atoms with Gasteiger partial charge in [-0.15, -0.1) is 0 Å². The Balaban J connectivity index is 2.16. The molecule has 19 heavy (non-hydrogen) atoms. The summed E-state index contributed by atoms with van der Waals surface area (Å²) >= 11 is 0. The average Bonchev–Trinajstić information content (AvgIpc) is 2.93. The van der Waals surface area contributed by atoms with Gasteiger partial charge in [0.1, 0.15) is 6.07 Å². The molecule has 2 N–H and O–H groups in total. The number of nitrogens with one attached hydrogen (secondary N) is 1. The highest BCUT2D eigenvalue weighted by Gasteiger charge is 2.65. The molecule has 1 aromatic carbocycles. The zero-order valence-electron chi connectivity index (χ0n) is 10.7. The zero-order chi connectivity index (χ0) is 14.2. The van der Waals surface area contributed by atoms with Crippen LogP contribution < -0.4 is 5.32 Å². The van der Waals surface area contributed by atoms with Crippen LogP contribution in [0.3, 0.4) is 0 Å². The summed E-state index contributed by atoms with van der Waals surface area (Å²) in [4.78, 5) is 23.1. The number of carboxylic acids is 1. The monoisotopic (exact) mass is 258 g/mol. The SMILES string of the molecule is CC1(C)[C@@H](C(=O)O)[C@@H]1C(=O)Nc1ccccc1C#N. The van der Waals surface area contributed by atoms with E-state index in [4.69, 9.17) is 10.4 Å². The van der Waals surface area contributed by atoms with Crippen molar-refractivity contribution < 1.29 is 14.7 Å². The van der Waals surface area contributed by atoms with Crippen molar-refractivity contribution in [3.05, 3.63) is 29.8 Å². The summed E-state index contributed by atoms with van der Waals surface area (Å²) in [6.07, 6.45) is 0. The quantitative estimate of drug-likeness (QED) is 0.865. The number of carbonyl (C=O) groups is 2. The van der Waals surface area contributed by atoms with Crippen LogP contribution in [0.2, 0.25) is 0 Å². The Kier molecular flexibility index (Phi) is 3.03. The van der Waals surface area contributed by atoms with Gasteiger partial charge >= 0.3 is 5.97 Å². The van der Waals surface area contributed by atoms with Crippen molar-refractivity contribution in [2.45, 2.75) is 13.8 Å². The van der Waals surface area contributed by atoms with Crippen LogP contribution in [0.15, 0.2) is 24.3 Å². The summed E-state index contributed by atoms with van der Waals surface area (Å²) in [5.41, 5.74) is 0.236. The first-order valence-electron chi connectivity index (χ1n) is 5.92. The molecule has 0 unspecified atom stereocenters. The summed E-state index contributed by atoms with van der Waals surface area (Å²) in [7, 11) is 0. The third-order valence-electron chi connectivity index (χ3n) is 3.68. The first kappa shape index (κ1) is 13.1. The molecule has 1 fully saturated rings. The molecule has 0 bridgehead atoms. The van der Waals surface area contributed by atoms with Crippen LogP contribution in [-0.2, 0) is 9.59 Å². The van der Waals surface area contributed by atoms with Crippen LogP contribution in [-0.4, -0.2) is 17.0 Å². The topological polar surface area (TPSA) is 90.2 Å². The number of nitriles is 1. The van der Waals surface area contributed by atoms with Crippen LogP contribution in [0, 0.1) is 28.6 Å². The highest BCUT2D eigenvalue weighted by molar-refractivity contribution is 6.00. The molecule has 0 aromatic heterocycles. The maximum atomic E-state index is 12.1. The number of anilines is 1. The molecule has 0 spiro atoms. The van der Waals surface area contributed by atoms with E-state index in [1.165, 1.54) is 0 Å². The molecule has 1 aliphatic carbocycles. The van der Waals surface area contributed by atoms with Gasteiger partial charge in [0, 0.05) is 0 Å². The molecule has 2 rings (SSSR count). The van der Waals surface area contributed by atoms with E-state index in [0.29, 0.717) is 11.3 Å². The minimum atomic E-state index is -0.960. The first-order chi connectivity index (χ1) is 8.89. The molecular weight excluding hydrogens is 244 g/mol. The number of para-hydroxylation sites is 1. The highest BCUT2D eigenvalue weighted by atomic mass is 16.4. The Morgan fingerprint density at radius 2 is 1.95 bits per heavy atom. The fourth-order valence-electron chi connectivity index (χ4n) is 2.49. The molecule has 5 nitrogen and oxygen atoms in total. The number of hydrogen-bond acceptors (Lipinski definition) is 3. The van der Waals surface area contributed by atoms with Gasteiger partial charge in [0.2, 0.25) is 5.91 Å². The van der Waals surface area contributed by atoms with E-state index < -0.39 is 23.2 Å². The van der Waals surface area contributed by atoms with Gasteiger partial charge < -0.3 is 10.4 Å². The molecule has 1 aromatic rings. The predicted octanol–water partition coefficient (Wildman–Crippen LogP) is 1.85. The molecule has 0 aliphatic heterocycles. The number of aliphatic carboxylic acids is 1. The lowest BCUT2D eigenvalue weighted by atomic mass is 10.1. The summed E-state index contributed by atoms with van der Waals surface area (Å²) in [5, 5.41) is 20.6. The number of rotatable bonds is 3. The number of carboxylic acid groups (broad SMARTS) is 1. The minimum Gasteiger partial charge on any atom is -0.481 e. The van der Waals surface area contributed by atoms with Crippen LogP contribution >= 0.6 is 0 Å². The Bertz CT molecular complexity index is 587.